The van der Waals surface area contributed by atoms with E-state index >= 15 is 0 Å². The summed E-state index contributed by atoms with van der Waals surface area (Å²) >= 11 is 0. The fourth-order valence-electron chi connectivity index (χ4n) is 4.39. The average Bonchev–Trinajstić information content (AvgIpc) is 3.19. The number of hydrogen-bond acceptors (Lipinski definition) is 2. The first-order chi connectivity index (χ1) is 12.0. The Morgan fingerprint density at radius 1 is 1.23 bits per heavy atom. The Labute approximate surface area is 175 Å². The fraction of sp³-hybridized carbons (Fsp3) is 0.667. The molecule has 0 aromatic heterocycles. The number of likely N-dealkylation sites (tertiary alicyclic amines) is 1. The molecule has 146 valence electrons. The van der Waals surface area contributed by atoms with Crippen molar-refractivity contribution in [2.75, 3.05) is 39.4 Å². The van der Waals surface area contributed by atoms with Gasteiger partial charge in [0.2, 0.25) is 0 Å². The maximum atomic E-state index is 5.66. The lowest BCUT2D eigenvalue weighted by atomic mass is 9.87. The Morgan fingerprint density at radius 2 is 1.96 bits per heavy atom. The molecule has 0 bridgehead atoms. The number of hydrogen-bond donors (Lipinski definition) is 1. The van der Waals surface area contributed by atoms with Crippen LogP contribution in [0.2, 0.25) is 0 Å². The second-order valence-electron chi connectivity index (χ2n) is 7.84. The molecule has 0 aliphatic carbocycles. The van der Waals surface area contributed by atoms with Crippen molar-refractivity contribution in [3.63, 3.8) is 0 Å². The van der Waals surface area contributed by atoms with Crippen LogP contribution in [0.1, 0.15) is 42.0 Å². The summed E-state index contributed by atoms with van der Waals surface area (Å²) in [6.07, 6.45) is 3.44. The SMILES string of the molecule is CCNC(=NCCc1c(C)cc(C)cc1C)N1CCC2(CCOC2)C1.I. The van der Waals surface area contributed by atoms with Crippen molar-refractivity contribution < 1.29 is 4.74 Å². The van der Waals surface area contributed by atoms with Gasteiger partial charge in [0.05, 0.1) is 6.61 Å². The van der Waals surface area contributed by atoms with Crippen LogP contribution in [0, 0.1) is 26.2 Å². The number of aliphatic imine (C=N–C) groups is 1. The van der Waals surface area contributed by atoms with Crippen molar-refractivity contribution in [1.82, 2.24) is 10.2 Å². The Morgan fingerprint density at radius 3 is 2.58 bits per heavy atom. The zero-order valence-corrected chi connectivity index (χ0v) is 19.1. The number of guanidine groups is 1. The Hall–Kier alpha value is -0.820. The minimum atomic E-state index is 0. The van der Waals surface area contributed by atoms with Crippen LogP contribution < -0.4 is 5.32 Å². The van der Waals surface area contributed by atoms with Crippen molar-refractivity contribution in [3.05, 3.63) is 34.4 Å². The smallest absolute Gasteiger partial charge is 0.193 e. The van der Waals surface area contributed by atoms with E-state index in [1.807, 2.05) is 0 Å². The van der Waals surface area contributed by atoms with Gasteiger partial charge >= 0.3 is 0 Å². The molecule has 1 atom stereocenters. The predicted molar refractivity (Wildman–Crippen MR) is 120 cm³/mol. The van der Waals surface area contributed by atoms with Crippen LogP contribution >= 0.6 is 24.0 Å². The zero-order valence-electron chi connectivity index (χ0n) is 16.7. The molecule has 1 spiro atoms. The van der Waals surface area contributed by atoms with Gasteiger partial charge in [-0.05, 0) is 63.6 Å². The van der Waals surface area contributed by atoms with Crippen LogP contribution in [0.3, 0.4) is 0 Å². The summed E-state index contributed by atoms with van der Waals surface area (Å²) in [5, 5.41) is 3.49. The molecule has 1 aromatic carbocycles. The van der Waals surface area contributed by atoms with Crippen molar-refractivity contribution in [3.8, 4) is 0 Å². The molecule has 26 heavy (non-hydrogen) atoms. The van der Waals surface area contributed by atoms with E-state index in [1.165, 1.54) is 35.1 Å². The summed E-state index contributed by atoms with van der Waals surface area (Å²) in [6, 6.07) is 4.56. The summed E-state index contributed by atoms with van der Waals surface area (Å²) in [4.78, 5) is 7.38. The molecule has 1 aromatic rings. The molecule has 3 rings (SSSR count). The molecule has 0 amide bonds. The molecule has 2 aliphatic rings. The molecule has 1 N–H and O–H groups in total. The first-order valence-electron chi connectivity index (χ1n) is 9.71. The third-order valence-corrected chi connectivity index (χ3v) is 5.72. The highest BCUT2D eigenvalue weighted by atomic mass is 127. The van der Waals surface area contributed by atoms with E-state index in [0.717, 1.165) is 51.8 Å². The van der Waals surface area contributed by atoms with Crippen LogP contribution in [0.4, 0.5) is 0 Å². The standard InChI is InChI=1S/C21H33N3O.HI/c1-5-22-20(24-10-7-21(14-24)8-11-25-15-21)23-9-6-19-17(3)12-16(2)13-18(19)4;/h12-13H,5-11,14-15H2,1-4H3,(H,22,23);1H. The van der Waals surface area contributed by atoms with Crippen molar-refractivity contribution in [2.24, 2.45) is 10.4 Å². The number of ether oxygens (including phenoxy) is 1. The topological polar surface area (TPSA) is 36.9 Å². The molecule has 0 saturated carbocycles. The molecule has 2 fully saturated rings. The first-order valence-corrected chi connectivity index (χ1v) is 9.71. The number of rotatable bonds is 4. The van der Waals surface area contributed by atoms with Crippen molar-refractivity contribution >= 4 is 29.9 Å². The third kappa shape index (κ3) is 4.91. The molecular weight excluding hydrogens is 437 g/mol. The number of nitrogens with one attached hydrogen (secondary N) is 1. The lowest BCUT2D eigenvalue weighted by Gasteiger charge is -2.25. The molecular formula is C21H34IN3O. The monoisotopic (exact) mass is 471 g/mol. The van der Waals surface area contributed by atoms with Gasteiger partial charge in [0, 0.05) is 38.2 Å². The predicted octanol–water partition coefficient (Wildman–Crippen LogP) is 3.85. The third-order valence-electron chi connectivity index (χ3n) is 5.72. The highest BCUT2D eigenvalue weighted by Crippen LogP contribution is 2.38. The van der Waals surface area contributed by atoms with E-state index in [1.54, 1.807) is 0 Å². The molecule has 2 saturated heterocycles. The van der Waals surface area contributed by atoms with Crippen molar-refractivity contribution in [1.29, 1.82) is 0 Å². The Balaban J connectivity index is 0.00000243. The van der Waals surface area contributed by atoms with Gasteiger partial charge in [-0.2, -0.15) is 0 Å². The normalized spacial score (nSPS) is 22.8. The second kappa shape index (κ2) is 9.40. The number of halogens is 1. The maximum absolute atomic E-state index is 5.66. The minimum Gasteiger partial charge on any atom is -0.381 e. The van der Waals surface area contributed by atoms with Gasteiger partial charge in [-0.1, -0.05) is 17.7 Å². The van der Waals surface area contributed by atoms with Gasteiger partial charge in [-0.3, -0.25) is 4.99 Å². The van der Waals surface area contributed by atoms with Gasteiger partial charge in [-0.25, -0.2) is 0 Å². The van der Waals surface area contributed by atoms with Gasteiger partial charge in [-0.15, -0.1) is 24.0 Å². The average molecular weight is 471 g/mol. The molecule has 5 heteroatoms. The maximum Gasteiger partial charge on any atom is 0.193 e. The number of nitrogens with zero attached hydrogens (tertiary/aromatic N) is 2. The fourth-order valence-corrected chi connectivity index (χ4v) is 4.39. The van der Waals surface area contributed by atoms with Gasteiger partial charge in [0.15, 0.2) is 5.96 Å². The minimum absolute atomic E-state index is 0. The van der Waals surface area contributed by atoms with E-state index in [2.05, 4.69) is 50.0 Å². The first kappa shape index (κ1) is 21.5. The molecule has 2 heterocycles. The lowest BCUT2D eigenvalue weighted by Crippen LogP contribution is -2.41. The largest absolute Gasteiger partial charge is 0.381 e. The van der Waals surface area contributed by atoms with Gasteiger partial charge in [0.1, 0.15) is 0 Å². The van der Waals surface area contributed by atoms with E-state index in [0.29, 0.717) is 5.41 Å². The quantitative estimate of drug-likeness (QED) is 0.412. The Kier molecular flexibility index (Phi) is 7.76. The van der Waals surface area contributed by atoms with Gasteiger partial charge in [0.25, 0.3) is 0 Å². The summed E-state index contributed by atoms with van der Waals surface area (Å²) < 4.78 is 5.66. The summed E-state index contributed by atoms with van der Waals surface area (Å²) in [5.74, 6) is 1.08. The molecule has 0 radical (unpaired) electrons. The molecule has 2 aliphatic heterocycles. The molecule has 4 nitrogen and oxygen atoms in total. The van der Waals surface area contributed by atoms with E-state index in [9.17, 15) is 0 Å². The van der Waals surface area contributed by atoms with Crippen LogP contribution in [0.5, 0.6) is 0 Å². The van der Waals surface area contributed by atoms with Crippen LogP contribution in [-0.2, 0) is 11.2 Å². The number of benzene rings is 1. The summed E-state index contributed by atoms with van der Waals surface area (Å²) in [7, 11) is 0. The summed E-state index contributed by atoms with van der Waals surface area (Å²) in [6.45, 7) is 14.5. The van der Waals surface area contributed by atoms with E-state index in [4.69, 9.17) is 9.73 Å². The highest BCUT2D eigenvalue weighted by Gasteiger charge is 2.42. The van der Waals surface area contributed by atoms with E-state index in [-0.39, 0.29) is 24.0 Å². The zero-order chi connectivity index (χ0) is 17.9. The second-order valence-corrected chi connectivity index (χ2v) is 7.84. The highest BCUT2D eigenvalue weighted by molar-refractivity contribution is 14.0. The number of aryl methyl sites for hydroxylation is 3. The lowest BCUT2D eigenvalue weighted by molar-refractivity contribution is 0.156. The van der Waals surface area contributed by atoms with Crippen LogP contribution in [-0.4, -0.2) is 50.3 Å². The van der Waals surface area contributed by atoms with Crippen LogP contribution in [0.25, 0.3) is 0 Å². The summed E-state index contributed by atoms with van der Waals surface area (Å²) in [5.41, 5.74) is 5.95. The van der Waals surface area contributed by atoms with Crippen molar-refractivity contribution in [2.45, 2.75) is 47.0 Å². The van der Waals surface area contributed by atoms with Gasteiger partial charge < -0.3 is 15.0 Å². The Bertz CT molecular complexity index is 615. The van der Waals surface area contributed by atoms with E-state index < -0.39 is 0 Å². The molecule has 1 unspecified atom stereocenters. The van der Waals surface area contributed by atoms with Crippen LogP contribution in [0.15, 0.2) is 17.1 Å².